The highest BCUT2D eigenvalue weighted by atomic mass is 32.2. The number of nitrogens with two attached hydrogens (primary N) is 1. The second-order valence-corrected chi connectivity index (χ2v) is 17.9. The first kappa shape index (κ1) is 72.2. The predicted octanol–water partition coefficient (Wildman–Crippen LogP) is 7.95. The summed E-state index contributed by atoms with van der Waals surface area (Å²) < 4.78 is 101. The number of hydrogen-bond acceptors (Lipinski definition) is 22. The van der Waals surface area contributed by atoms with Crippen LogP contribution in [0.15, 0.2) is 71.7 Å². The number of hydrogen-bond donors (Lipinski definition) is 2. The van der Waals surface area contributed by atoms with Gasteiger partial charge in [-0.3, -0.25) is 34.8 Å². The smallest absolute Gasteiger partial charge is 0.324 e. The molecule has 0 atom stereocenters. The number of aromatic nitrogens is 2. The van der Waals surface area contributed by atoms with E-state index < -0.39 is 42.4 Å². The SMILES string of the molecule is C.CC(=O)C(C)C.CCCC(=O)c1cc(-c2ccc(NN)cc2)cc(C(=O)CCC)n1.CCCC(=O)c1cc(-c2ccc3c(c2)C(C)(C)C(C)=N3)cc(C(=O)CCC)n1.O=S(=O)=O.O=S(=O)=O.O=S(=O)=O.O=S(=O)=O. The summed E-state index contributed by atoms with van der Waals surface area (Å²) in [4.78, 5) is 73.0. The third kappa shape index (κ3) is 29.5. The fourth-order valence-corrected chi connectivity index (χ4v) is 5.97. The van der Waals surface area contributed by atoms with Crippen LogP contribution in [0, 0.1) is 5.92 Å². The van der Waals surface area contributed by atoms with Crippen molar-refractivity contribution in [2.45, 2.75) is 133 Å². The molecule has 0 radical (unpaired) electrons. The highest BCUT2D eigenvalue weighted by Gasteiger charge is 2.32. The molecule has 0 saturated carbocycles. The average Bonchev–Trinajstić information content (AvgIpc) is 3.54. The van der Waals surface area contributed by atoms with Crippen LogP contribution in [0.2, 0.25) is 0 Å². The van der Waals surface area contributed by atoms with Crippen LogP contribution >= 0.6 is 0 Å². The van der Waals surface area contributed by atoms with E-state index in [1.807, 2.05) is 90.1 Å². The van der Waals surface area contributed by atoms with Crippen molar-refractivity contribution in [2.24, 2.45) is 16.8 Å². The Bertz CT molecular complexity index is 2880. The molecule has 26 heteroatoms. The van der Waals surface area contributed by atoms with E-state index in [0.29, 0.717) is 48.5 Å². The molecule has 0 amide bonds. The zero-order chi connectivity index (χ0) is 57.5. The van der Waals surface area contributed by atoms with Crippen molar-refractivity contribution in [1.82, 2.24) is 9.97 Å². The third-order valence-corrected chi connectivity index (χ3v) is 10.1. The number of carbonyl (C=O) groups excluding carboxylic acids is 5. The van der Waals surface area contributed by atoms with Gasteiger partial charge in [0.05, 0.1) is 5.69 Å². The molecule has 22 nitrogen and oxygen atoms in total. The average molecular weight is 1120 g/mol. The lowest BCUT2D eigenvalue weighted by Crippen LogP contribution is -2.22. The minimum atomic E-state index is -3.11. The van der Waals surface area contributed by atoms with Crippen LogP contribution in [-0.2, 0) is 52.6 Å². The largest absolute Gasteiger partial charge is 0.425 e. The summed E-state index contributed by atoms with van der Waals surface area (Å²) in [6, 6.07) is 20.8. The Labute approximate surface area is 443 Å². The Hall–Kier alpha value is -7.00. The van der Waals surface area contributed by atoms with Crippen molar-refractivity contribution in [3.8, 4) is 22.3 Å². The Morgan fingerprint density at radius 1 is 0.520 bits per heavy atom. The number of anilines is 1. The molecule has 2 aromatic heterocycles. The Kier molecular flexibility index (Phi) is 36.3. The van der Waals surface area contributed by atoms with Crippen molar-refractivity contribution >= 4 is 88.4 Å². The number of benzene rings is 2. The maximum absolute atomic E-state index is 12.5. The maximum Gasteiger partial charge on any atom is 0.425 e. The molecule has 412 valence electrons. The number of pyridine rings is 2. The van der Waals surface area contributed by atoms with Crippen molar-refractivity contribution in [3.05, 3.63) is 95.1 Å². The molecular formula is C49H65N5O17S4. The molecule has 2 aromatic carbocycles. The molecule has 0 unspecified atom stereocenters. The van der Waals surface area contributed by atoms with Gasteiger partial charge in [0, 0.05) is 48.4 Å². The van der Waals surface area contributed by atoms with E-state index in [4.69, 9.17) is 56.3 Å². The second kappa shape index (κ2) is 37.7. The quantitative estimate of drug-likeness (QED) is 0.0610. The van der Waals surface area contributed by atoms with Crippen LogP contribution in [-0.4, -0.2) is 95.1 Å². The molecule has 0 spiro atoms. The van der Waals surface area contributed by atoms with Crippen LogP contribution in [0.3, 0.4) is 0 Å². The lowest BCUT2D eigenvalue weighted by atomic mass is 9.81. The molecule has 1 aliphatic heterocycles. The lowest BCUT2D eigenvalue weighted by molar-refractivity contribution is -0.119. The number of nitrogen functional groups attached to an aromatic ring is 1. The summed E-state index contributed by atoms with van der Waals surface area (Å²) in [5.41, 5.74) is 11.5. The molecular weight excluding hydrogens is 1060 g/mol. The van der Waals surface area contributed by atoms with Crippen LogP contribution in [0.1, 0.15) is 176 Å². The standard InChI is InChI=1S/C24H28N2O2.C19H23N3O2.C5H10O.CH4.4O3S/c1-6-8-22(27)20-13-17(14-21(26-20)23(28)9-7-2)16-10-11-19-18(12-16)24(4,5)15(3)25-19;1-3-5-18(23)16-11-14(12-17(21-16)19(24)6-4-2)13-7-9-15(22-20)10-8-13;1-4(2)5(3)6;;4*1-4(2)3/h10-14H,6-9H2,1-5H3;7-12,22H,3-6,20H2,1-2H3;4H,1-3H3;1H4;;;;. The number of fused-ring (bicyclic) bond motifs is 1. The van der Waals surface area contributed by atoms with Gasteiger partial charge in [-0.05, 0) is 116 Å². The summed E-state index contributed by atoms with van der Waals surface area (Å²) in [7, 11) is -12.4. The van der Waals surface area contributed by atoms with E-state index in [1.165, 1.54) is 5.56 Å². The van der Waals surface area contributed by atoms with Gasteiger partial charge in [0.15, 0.2) is 23.1 Å². The Balaban J connectivity index is -0.000000986. The van der Waals surface area contributed by atoms with Gasteiger partial charge < -0.3 is 5.43 Å². The van der Waals surface area contributed by atoms with E-state index in [1.54, 1.807) is 19.1 Å². The molecule has 0 bridgehead atoms. The lowest BCUT2D eigenvalue weighted by Gasteiger charge is -2.20. The van der Waals surface area contributed by atoms with Gasteiger partial charge in [0.1, 0.15) is 28.6 Å². The monoisotopic (exact) mass is 1120 g/mol. The highest BCUT2D eigenvalue weighted by Crippen LogP contribution is 2.42. The van der Waals surface area contributed by atoms with Gasteiger partial charge >= 0.3 is 42.4 Å². The summed E-state index contributed by atoms with van der Waals surface area (Å²) in [6.07, 6.45) is 4.73. The zero-order valence-corrected chi connectivity index (χ0v) is 45.8. The number of carbonyl (C=O) groups is 5. The molecule has 0 fully saturated rings. The number of rotatable bonds is 16. The second-order valence-electron chi connectivity index (χ2n) is 16.3. The van der Waals surface area contributed by atoms with Gasteiger partial charge in [-0.1, -0.05) is 81.0 Å². The van der Waals surface area contributed by atoms with Crippen molar-refractivity contribution < 1.29 is 74.5 Å². The molecule has 5 rings (SSSR count). The fourth-order valence-electron chi connectivity index (χ4n) is 5.97. The van der Waals surface area contributed by atoms with Gasteiger partial charge in [0.25, 0.3) is 0 Å². The number of ketones is 5. The minimum absolute atomic E-state index is 0. The third-order valence-electron chi connectivity index (χ3n) is 10.1. The normalized spacial score (nSPS) is 10.8. The Morgan fingerprint density at radius 3 is 1.07 bits per heavy atom. The number of aliphatic imine (C=N–C) groups is 1. The molecule has 3 N–H and O–H groups in total. The first-order valence-electron chi connectivity index (χ1n) is 22.5. The Morgan fingerprint density at radius 2 is 0.800 bits per heavy atom. The van der Waals surface area contributed by atoms with Crippen LogP contribution in [0.4, 0.5) is 11.4 Å². The van der Waals surface area contributed by atoms with E-state index in [0.717, 1.165) is 65.0 Å². The van der Waals surface area contributed by atoms with Crippen molar-refractivity contribution in [2.75, 3.05) is 5.43 Å². The zero-order valence-electron chi connectivity index (χ0n) is 42.6. The molecule has 0 aliphatic carbocycles. The van der Waals surface area contributed by atoms with Crippen LogP contribution in [0.5, 0.6) is 0 Å². The summed E-state index contributed by atoms with van der Waals surface area (Å²) >= 11 is 0. The number of nitrogens with zero attached hydrogens (tertiary/aromatic N) is 3. The summed E-state index contributed by atoms with van der Waals surface area (Å²) in [6.45, 7) is 19.6. The molecule has 1 aliphatic rings. The van der Waals surface area contributed by atoms with Crippen LogP contribution in [0.25, 0.3) is 22.3 Å². The molecule has 75 heavy (non-hydrogen) atoms. The van der Waals surface area contributed by atoms with E-state index >= 15 is 0 Å². The summed E-state index contributed by atoms with van der Waals surface area (Å²) in [5.74, 6) is 5.75. The topological polar surface area (TPSA) is 366 Å². The predicted molar refractivity (Wildman–Crippen MR) is 281 cm³/mol. The minimum Gasteiger partial charge on any atom is -0.324 e. The van der Waals surface area contributed by atoms with E-state index in [-0.39, 0.29) is 47.7 Å². The van der Waals surface area contributed by atoms with Crippen molar-refractivity contribution in [3.63, 3.8) is 0 Å². The van der Waals surface area contributed by atoms with Gasteiger partial charge in [0.2, 0.25) is 0 Å². The number of Topliss-reactive ketones (excluding diaryl/α,β-unsaturated/α-hetero) is 5. The van der Waals surface area contributed by atoms with Gasteiger partial charge in [-0.2, -0.15) is 0 Å². The highest BCUT2D eigenvalue weighted by molar-refractivity contribution is 7.59. The summed E-state index contributed by atoms with van der Waals surface area (Å²) in [5, 5.41) is 0. The molecule has 3 heterocycles. The number of nitrogens with one attached hydrogen (secondary N) is 1. The fraction of sp³-hybridized carbons (Fsp3) is 0.429. The maximum atomic E-state index is 12.5. The first-order chi connectivity index (χ1) is 34.4. The number of hydrazine groups is 1. The first-order valence-corrected chi connectivity index (χ1v) is 26.5. The van der Waals surface area contributed by atoms with Gasteiger partial charge in [-0.15, -0.1) is 50.5 Å². The van der Waals surface area contributed by atoms with Crippen molar-refractivity contribution in [1.29, 1.82) is 0 Å². The van der Waals surface area contributed by atoms with E-state index in [9.17, 15) is 24.0 Å². The van der Waals surface area contributed by atoms with Gasteiger partial charge in [-0.25, -0.2) is 9.97 Å². The molecule has 4 aromatic rings. The molecule has 0 saturated heterocycles. The van der Waals surface area contributed by atoms with Crippen LogP contribution < -0.4 is 11.3 Å². The van der Waals surface area contributed by atoms with E-state index in [2.05, 4.69) is 47.2 Å².